The molecule has 1 fully saturated rings. The van der Waals surface area contributed by atoms with Crippen LogP contribution in [-0.2, 0) is 9.59 Å². The van der Waals surface area contributed by atoms with Crippen LogP contribution in [0.1, 0.15) is 0 Å². The molecule has 0 unspecified atom stereocenters. The van der Waals surface area contributed by atoms with Gasteiger partial charge in [-0.3, -0.25) is 9.59 Å². The Morgan fingerprint density at radius 2 is 1.54 bits per heavy atom. The van der Waals surface area contributed by atoms with Gasteiger partial charge in [0.2, 0.25) is 0 Å². The zero-order chi connectivity index (χ0) is 20.1. The molecule has 2 atom stereocenters. The Morgan fingerprint density at radius 1 is 0.893 bits per heavy atom. The van der Waals surface area contributed by atoms with Gasteiger partial charge in [0.25, 0.3) is 11.8 Å². The molecule has 3 N–H and O–H groups in total. The molecule has 1 saturated heterocycles. The summed E-state index contributed by atoms with van der Waals surface area (Å²) in [6.07, 6.45) is -3.52. The van der Waals surface area contributed by atoms with Crippen molar-refractivity contribution in [3.63, 3.8) is 0 Å². The molecule has 0 aliphatic carbocycles. The predicted octanol–water partition coefficient (Wildman–Crippen LogP) is 0.470. The van der Waals surface area contributed by atoms with Gasteiger partial charge in [-0.05, 0) is 23.3 Å². The minimum Gasteiger partial charge on any atom is -0.380 e. The van der Waals surface area contributed by atoms with Crippen LogP contribution < -0.4 is 10.2 Å². The van der Waals surface area contributed by atoms with E-state index in [9.17, 15) is 19.8 Å². The summed E-state index contributed by atoms with van der Waals surface area (Å²) in [5.74, 6) is -1.41. The van der Waals surface area contributed by atoms with Crippen LogP contribution in [0.5, 0.6) is 0 Å². The molecule has 148 valence electrons. The molecule has 7 nitrogen and oxygen atoms in total. The van der Waals surface area contributed by atoms with E-state index < -0.39 is 24.0 Å². The highest BCUT2D eigenvalue weighted by Crippen LogP contribution is 2.25. The second-order valence-corrected chi connectivity index (χ2v) is 6.73. The molecule has 2 aromatic rings. The fraction of sp³-hybridized carbons (Fsp3) is 0.333. The highest BCUT2D eigenvalue weighted by atomic mass is 16.3. The number of piperazine rings is 1. The van der Waals surface area contributed by atoms with Crippen molar-refractivity contribution in [3.05, 3.63) is 54.6 Å². The normalized spacial score (nSPS) is 16.4. The lowest BCUT2D eigenvalue weighted by Gasteiger charge is -2.37. The molecule has 1 aliphatic rings. The SMILES string of the molecule is CNC(=O)[C@H](O)[C@@H](O)C(=O)N1CCN(c2cccc(-c3ccccc3)c2)CC1. The lowest BCUT2D eigenvalue weighted by atomic mass is 10.0. The van der Waals surface area contributed by atoms with Gasteiger partial charge < -0.3 is 25.3 Å². The molecular weight excluding hydrogens is 358 g/mol. The molecule has 1 heterocycles. The highest BCUT2D eigenvalue weighted by molar-refractivity contribution is 5.90. The second kappa shape index (κ2) is 8.86. The summed E-state index contributed by atoms with van der Waals surface area (Å²) >= 11 is 0. The van der Waals surface area contributed by atoms with E-state index in [1.807, 2.05) is 30.3 Å². The molecule has 7 heteroatoms. The molecule has 1 aliphatic heterocycles. The number of rotatable bonds is 5. The van der Waals surface area contributed by atoms with Gasteiger partial charge in [-0.15, -0.1) is 0 Å². The third-order valence-corrected chi connectivity index (χ3v) is 4.98. The Morgan fingerprint density at radius 3 is 2.18 bits per heavy atom. The van der Waals surface area contributed by atoms with Crippen LogP contribution in [0.4, 0.5) is 5.69 Å². The number of likely N-dealkylation sites (N-methyl/N-ethyl adjacent to an activating group) is 1. The van der Waals surface area contributed by atoms with Gasteiger partial charge in [0.05, 0.1) is 0 Å². The van der Waals surface area contributed by atoms with E-state index in [0.29, 0.717) is 26.2 Å². The topological polar surface area (TPSA) is 93.1 Å². The van der Waals surface area contributed by atoms with Crippen LogP contribution in [0.25, 0.3) is 11.1 Å². The maximum absolute atomic E-state index is 12.4. The molecule has 3 rings (SSSR count). The molecule has 0 radical (unpaired) electrons. The van der Waals surface area contributed by atoms with Crippen LogP contribution in [-0.4, -0.2) is 72.4 Å². The molecule has 2 amide bonds. The summed E-state index contributed by atoms with van der Waals surface area (Å²) in [5.41, 5.74) is 3.34. The minimum atomic E-state index is -1.77. The first kappa shape index (κ1) is 19.9. The van der Waals surface area contributed by atoms with E-state index in [4.69, 9.17) is 0 Å². The third-order valence-electron chi connectivity index (χ3n) is 4.98. The quantitative estimate of drug-likeness (QED) is 0.698. The zero-order valence-electron chi connectivity index (χ0n) is 15.8. The minimum absolute atomic E-state index is 0.409. The highest BCUT2D eigenvalue weighted by Gasteiger charge is 2.34. The lowest BCUT2D eigenvalue weighted by Crippen LogP contribution is -2.55. The maximum Gasteiger partial charge on any atom is 0.254 e. The molecule has 28 heavy (non-hydrogen) atoms. The van der Waals surface area contributed by atoms with Crippen molar-refractivity contribution in [2.75, 3.05) is 38.1 Å². The standard InChI is InChI=1S/C21H25N3O4/c1-22-20(27)18(25)19(26)21(28)24-12-10-23(11-13-24)17-9-5-8-16(14-17)15-6-3-2-4-7-15/h2-9,14,18-19,25-26H,10-13H2,1H3,(H,22,27)/t18-,19-/m1/s1. The van der Waals surface area contributed by atoms with Crippen LogP contribution in [0.3, 0.4) is 0 Å². The van der Waals surface area contributed by atoms with Crippen molar-refractivity contribution < 1.29 is 19.8 Å². The number of carbonyl (C=O) groups is 2. The first-order valence-electron chi connectivity index (χ1n) is 9.28. The summed E-state index contributed by atoms with van der Waals surface area (Å²) in [7, 11) is 1.34. The third kappa shape index (κ3) is 4.32. The zero-order valence-corrected chi connectivity index (χ0v) is 15.8. The van der Waals surface area contributed by atoms with E-state index in [1.54, 1.807) is 0 Å². The first-order chi connectivity index (χ1) is 13.5. The smallest absolute Gasteiger partial charge is 0.254 e. The average molecular weight is 383 g/mol. The number of hydrogen-bond donors (Lipinski definition) is 3. The van der Waals surface area contributed by atoms with Crippen molar-refractivity contribution in [1.82, 2.24) is 10.2 Å². The number of aliphatic hydroxyl groups excluding tert-OH is 2. The Labute approximate surface area is 164 Å². The number of nitrogens with zero attached hydrogens (tertiary/aromatic N) is 2. The van der Waals surface area contributed by atoms with E-state index in [-0.39, 0.29) is 0 Å². The van der Waals surface area contributed by atoms with E-state index in [0.717, 1.165) is 16.8 Å². The monoisotopic (exact) mass is 383 g/mol. The molecule has 0 aromatic heterocycles. The Balaban J connectivity index is 1.63. The number of amides is 2. The van der Waals surface area contributed by atoms with Gasteiger partial charge in [0.1, 0.15) is 0 Å². The van der Waals surface area contributed by atoms with Crippen LogP contribution >= 0.6 is 0 Å². The lowest BCUT2D eigenvalue weighted by molar-refractivity contribution is -0.153. The van der Waals surface area contributed by atoms with Gasteiger partial charge in [-0.2, -0.15) is 0 Å². The Hall–Kier alpha value is -2.90. The van der Waals surface area contributed by atoms with Gasteiger partial charge in [-0.25, -0.2) is 0 Å². The molecule has 0 bridgehead atoms. The van der Waals surface area contributed by atoms with Crippen molar-refractivity contribution >= 4 is 17.5 Å². The van der Waals surface area contributed by atoms with Crippen molar-refractivity contribution in [2.45, 2.75) is 12.2 Å². The van der Waals surface area contributed by atoms with E-state index in [1.165, 1.54) is 11.9 Å². The van der Waals surface area contributed by atoms with Crippen LogP contribution in [0, 0.1) is 0 Å². The Kier molecular flexibility index (Phi) is 6.28. The number of nitrogens with one attached hydrogen (secondary N) is 1. The van der Waals surface area contributed by atoms with Crippen molar-refractivity contribution in [1.29, 1.82) is 0 Å². The fourth-order valence-electron chi connectivity index (χ4n) is 3.31. The van der Waals surface area contributed by atoms with Gasteiger partial charge >= 0.3 is 0 Å². The number of hydrogen-bond acceptors (Lipinski definition) is 5. The Bertz CT molecular complexity index is 819. The predicted molar refractivity (Wildman–Crippen MR) is 107 cm³/mol. The summed E-state index contributed by atoms with van der Waals surface area (Å²) in [4.78, 5) is 27.4. The van der Waals surface area contributed by atoms with Crippen molar-refractivity contribution in [3.8, 4) is 11.1 Å². The number of aliphatic hydroxyl groups is 2. The van der Waals surface area contributed by atoms with Crippen LogP contribution in [0.15, 0.2) is 54.6 Å². The summed E-state index contributed by atoms with van der Waals surface area (Å²) in [6.45, 7) is 2.03. The number of anilines is 1. The molecular formula is C21H25N3O4. The molecule has 0 saturated carbocycles. The van der Waals surface area contributed by atoms with Crippen molar-refractivity contribution in [2.24, 2.45) is 0 Å². The maximum atomic E-state index is 12.4. The van der Waals surface area contributed by atoms with Gasteiger partial charge in [-0.1, -0.05) is 42.5 Å². The number of benzene rings is 2. The second-order valence-electron chi connectivity index (χ2n) is 6.73. The van der Waals surface area contributed by atoms with E-state index >= 15 is 0 Å². The summed E-state index contributed by atoms with van der Waals surface area (Å²) in [5, 5.41) is 21.9. The molecule has 2 aromatic carbocycles. The van der Waals surface area contributed by atoms with Gasteiger partial charge in [0.15, 0.2) is 12.2 Å². The first-order valence-corrected chi connectivity index (χ1v) is 9.28. The fourth-order valence-corrected chi connectivity index (χ4v) is 3.31. The summed E-state index contributed by atoms with van der Waals surface area (Å²) in [6, 6.07) is 18.4. The number of carbonyl (C=O) groups excluding carboxylic acids is 2. The summed E-state index contributed by atoms with van der Waals surface area (Å²) < 4.78 is 0. The largest absolute Gasteiger partial charge is 0.380 e. The van der Waals surface area contributed by atoms with E-state index in [2.05, 4.69) is 34.5 Å². The van der Waals surface area contributed by atoms with Gasteiger partial charge in [0, 0.05) is 38.9 Å². The molecule has 0 spiro atoms. The average Bonchev–Trinajstić information content (AvgIpc) is 2.77. The van der Waals surface area contributed by atoms with Crippen LogP contribution in [0.2, 0.25) is 0 Å².